The molecule has 1 aliphatic heterocycles. The van der Waals surface area contributed by atoms with Gasteiger partial charge in [0, 0.05) is 11.8 Å². The lowest BCUT2D eigenvalue weighted by Gasteiger charge is -2.45. The Balaban J connectivity index is 1.40. The van der Waals surface area contributed by atoms with Crippen LogP contribution in [-0.4, -0.2) is 47.8 Å². The monoisotopic (exact) mass is 512 g/mol. The van der Waals surface area contributed by atoms with E-state index in [4.69, 9.17) is 4.74 Å². The van der Waals surface area contributed by atoms with Crippen molar-refractivity contribution in [3.63, 3.8) is 0 Å². The van der Waals surface area contributed by atoms with Crippen LogP contribution in [0.15, 0.2) is 72.8 Å². The van der Waals surface area contributed by atoms with Crippen LogP contribution in [0.1, 0.15) is 40.5 Å². The second-order valence-corrected chi connectivity index (χ2v) is 10.8. The summed E-state index contributed by atoms with van der Waals surface area (Å²) < 4.78 is 5.39. The van der Waals surface area contributed by atoms with Crippen LogP contribution in [-0.2, 0) is 14.4 Å². The molecule has 3 atom stereocenters. The van der Waals surface area contributed by atoms with E-state index in [1.54, 1.807) is 31.0 Å². The van der Waals surface area contributed by atoms with Gasteiger partial charge in [-0.15, -0.1) is 0 Å². The van der Waals surface area contributed by atoms with Gasteiger partial charge in [0.2, 0.25) is 17.7 Å². The van der Waals surface area contributed by atoms with Gasteiger partial charge in [0.25, 0.3) is 0 Å². The maximum absolute atomic E-state index is 14.1. The van der Waals surface area contributed by atoms with Crippen molar-refractivity contribution in [3.05, 3.63) is 95.1 Å². The summed E-state index contributed by atoms with van der Waals surface area (Å²) in [4.78, 5) is 43.2. The molecule has 0 radical (unpaired) electrons. The number of methoxy groups -OCH3 is 1. The predicted molar refractivity (Wildman–Crippen MR) is 144 cm³/mol. The number of imide groups is 1. The van der Waals surface area contributed by atoms with Crippen LogP contribution >= 0.6 is 11.8 Å². The number of para-hydroxylation sites is 2. The summed E-state index contributed by atoms with van der Waals surface area (Å²) in [6, 6.07) is 22.6. The molecule has 1 fully saturated rings. The van der Waals surface area contributed by atoms with Gasteiger partial charge in [0.15, 0.2) is 0 Å². The molecule has 0 spiro atoms. The van der Waals surface area contributed by atoms with Crippen LogP contribution in [0.25, 0.3) is 0 Å². The van der Waals surface area contributed by atoms with Gasteiger partial charge in [-0.05, 0) is 52.8 Å². The number of nitrogens with one attached hydrogen (secondary N) is 1. The van der Waals surface area contributed by atoms with Crippen molar-refractivity contribution < 1.29 is 19.1 Å². The van der Waals surface area contributed by atoms with Gasteiger partial charge in [-0.3, -0.25) is 19.3 Å². The number of likely N-dealkylation sites (tertiary alicyclic amines) is 1. The molecule has 1 N–H and O–H groups in total. The van der Waals surface area contributed by atoms with Crippen LogP contribution in [0, 0.1) is 11.8 Å². The quantitative estimate of drug-likeness (QED) is 0.467. The van der Waals surface area contributed by atoms with Crippen molar-refractivity contribution in [3.8, 4) is 5.75 Å². The minimum atomic E-state index is -0.895. The summed E-state index contributed by atoms with van der Waals surface area (Å²) in [7, 11) is 1.54. The first-order valence-corrected chi connectivity index (χ1v) is 13.9. The number of thioether (sulfide) groups is 1. The highest BCUT2D eigenvalue weighted by molar-refractivity contribution is 7.98. The van der Waals surface area contributed by atoms with E-state index in [-0.39, 0.29) is 29.6 Å². The number of carbonyl (C=O) groups is 3. The molecule has 2 bridgehead atoms. The molecule has 3 amide bonds. The number of ether oxygens (including phenoxy) is 1. The van der Waals surface area contributed by atoms with Crippen LogP contribution < -0.4 is 10.1 Å². The number of carbonyl (C=O) groups excluding carboxylic acids is 3. The van der Waals surface area contributed by atoms with Crippen molar-refractivity contribution >= 4 is 35.2 Å². The summed E-state index contributed by atoms with van der Waals surface area (Å²) in [5.74, 6) is -1.08. The number of hydrogen-bond donors (Lipinski definition) is 1. The van der Waals surface area contributed by atoms with Crippen LogP contribution in [0.4, 0.5) is 5.69 Å². The molecular formula is C30H28N2O4S. The van der Waals surface area contributed by atoms with E-state index in [1.165, 1.54) is 4.90 Å². The van der Waals surface area contributed by atoms with Crippen LogP contribution in [0.3, 0.4) is 0 Å². The number of nitrogens with zero attached hydrogens (tertiary/aromatic N) is 1. The van der Waals surface area contributed by atoms with Crippen molar-refractivity contribution in [1.82, 2.24) is 4.90 Å². The predicted octanol–water partition coefficient (Wildman–Crippen LogP) is 4.65. The molecule has 1 saturated heterocycles. The third-order valence-corrected chi connectivity index (χ3v) is 8.70. The molecule has 0 unspecified atom stereocenters. The molecule has 3 aromatic rings. The Morgan fingerprint density at radius 3 is 1.84 bits per heavy atom. The SMILES string of the molecule is COc1ccccc1NC(=O)[C@H](CCSC)N1C(=O)[C@H]2C3c4ccccc4C(c4ccccc43)[C@@H]2C1=O. The van der Waals surface area contributed by atoms with Gasteiger partial charge in [-0.1, -0.05) is 60.7 Å². The van der Waals surface area contributed by atoms with E-state index in [0.29, 0.717) is 23.6 Å². The van der Waals surface area contributed by atoms with Gasteiger partial charge in [0.05, 0.1) is 24.6 Å². The third-order valence-electron chi connectivity index (χ3n) is 8.06. The lowest BCUT2D eigenvalue weighted by Crippen LogP contribution is -2.48. The molecule has 6 nitrogen and oxygen atoms in total. The molecule has 3 aliphatic carbocycles. The van der Waals surface area contributed by atoms with Crippen molar-refractivity contribution in [2.24, 2.45) is 11.8 Å². The Labute approximate surface area is 220 Å². The first-order valence-electron chi connectivity index (χ1n) is 12.5. The Kier molecular flexibility index (Phi) is 6.03. The van der Waals surface area contributed by atoms with Crippen molar-refractivity contribution in [2.45, 2.75) is 24.3 Å². The zero-order valence-corrected chi connectivity index (χ0v) is 21.5. The normalized spacial score (nSPS) is 23.8. The van der Waals surface area contributed by atoms with E-state index in [1.807, 2.05) is 42.7 Å². The van der Waals surface area contributed by atoms with Crippen LogP contribution in [0.2, 0.25) is 0 Å². The van der Waals surface area contributed by atoms with E-state index < -0.39 is 17.9 Å². The average Bonchev–Trinajstić information content (AvgIpc) is 3.19. The lowest BCUT2D eigenvalue weighted by atomic mass is 9.55. The number of benzene rings is 3. The molecular weight excluding hydrogens is 484 g/mol. The van der Waals surface area contributed by atoms with Gasteiger partial charge < -0.3 is 10.1 Å². The molecule has 7 heteroatoms. The Bertz CT molecular complexity index is 1290. The summed E-state index contributed by atoms with van der Waals surface area (Å²) >= 11 is 1.59. The summed E-state index contributed by atoms with van der Waals surface area (Å²) in [5.41, 5.74) is 4.99. The molecule has 4 aliphatic rings. The number of rotatable bonds is 7. The number of anilines is 1. The van der Waals surface area contributed by atoms with Crippen molar-refractivity contribution in [2.75, 3.05) is 24.4 Å². The molecule has 0 aromatic heterocycles. The first-order chi connectivity index (χ1) is 18.1. The molecule has 1 heterocycles. The highest BCUT2D eigenvalue weighted by Crippen LogP contribution is 2.61. The molecule has 37 heavy (non-hydrogen) atoms. The standard InChI is InChI=1S/C30H28N2O4S/c1-36-23-14-8-7-13-21(23)31-28(33)22(15-16-37-2)32-29(34)26-24-17-9-3-4-10-18(17)25(27(26)30(32)35)20-12-6-5-11-19(20)24/h3-14,22,24-27H,15-16H2,1-2H3,(H,31,33)/t22-,24?,25?,26-,27-/m0/s1. The lowest BCUT2D eigenvalue weighted by molar-refractivity contribution is -0.146. The van der Waals surface area contributed by atoms with Gasteiger partial charge in [-0.2, -0.15) is 11.8 Å². The van der Waals surface area contributed by atoms with Gasteiger partial charge in [-0.25, -0.2) is 0 Å². The smallest absolute Gasteiger partial charge is 0.247 e. The average molecular weight is 513 g/mol. The van der Waals surface area contributed by atoms with Crippen LogP contribution in [0.5, 0.6) is 5.75 Å². The molecule has 3 aromatic carbocycles. The first kappa shape index (κ1) is 23.8. The number of hydrogen-bond acceptors (Lipinski definition) is 5. The second-order valence-electron chi connectivity index (χ2n) is 9.80. The largest absolute Gasteiger partial charge is 0.495 e. The Morgan fingerprint density at radius 1 is 0.865 bits per heavy atom. The maximum atomic E-state index is 14.1. The highest BCUT2D eigenvalue weighted by atomic mass is 32.2. The number of amides is 3. The van der Waals surface area contributed by atoms with Crippen molar-refractivity contribution in [1.29, 1.82) is 0 Å². The fourth-order valence-electron chi connectivity index (χ4n) is 6.58. The Morgan fingerprint density at radius 2 is 1.35 bits per heavy atom. The fourth-order valence-corrected chi connectivity index (χ4v) is 7.04. The summed E-state index contributed by atoms with van der Waals surface area (Å²) in [5, 5.41) is 2.92. The van der Waals surface area contributed by atoms with E-state index in [9.17, 15) is 14.4 Å². The van der Waals surface area contributed by atoms with E-state index >= 15 is 0 Å². The minimum absolute atomic E-state index is 0.192. The topological polar surface area (TPSA) is 75.7 Å². The highest BCUT2D eigenvalue weighted by Gasteiger charge is 2.62. The zero-order chi connectivity index (χ0) is 25.7. The van der Waals surface area contributed by atoms with Gasteiger partial charge >= 0.3 is 0 Å². The van der Waals surface area contributed by atoms with E-state index in [0.717, 1.165) is 22.3 Å². The molecule has 188 valence electrons. The minimum Gasteiger partial charge on any atom is -0.495 e. The second kappa shape index (κ2) is 9.38. The summed E-state index contributed by atoms with van der Waals surface area (Å²) in [6.07, 6.45) is 2.34. The summed E-state index contributed by atoms with van der Waals surface area (Å²) in [6.45, 7) is 0. The molecule has 7 rings (SSSR count). The fraction of sp³-hybridized carbons (Fsp3) is 0.300. The van der Waals surface area contributed by atoms with Gasteiger partial charge in [0.1, 0.15) is 11.8 Å². The third kappa shape index (κ3) is 3.59. The van der Waals surface area contributed by atoms with E-state index in [2.05, 4.69) is 29.6 Å². The Hall–Kier alpha value is -3.58. The zero-order valence-electron chi connectivity index (χ0n) is 20.7. The molecule has 0 saturated carbocycles. The maximum Gasteiger partial charge on any atom is 0.247 e.